The summed E-state index contributed by atoms with van der Waals surface area (Å²) in [4.78, 5) is 14.6. The maximum absolute atomic E-state index is 12.5. The third kappa shape index (κ3) is 2.66. The zero-order valence-electron chi connectivity index (χ0n) is 11.2. The number of hydrogen-bond acceptors (Lipinski definition) is 2. The molecule has 0 radical (unpaired) electrons. The highest BCUT2D eigenvalue weighted by atomic mass is 16.2. The molecule has 3 nitrogen and oxygen atoms in total. The zero-order chi connectivity index (χ0) is 13.1. The Morgan fingerprint density at radius 1 is 1.39 bits per heavy atom. The highest BCUT2D eigenvalue weighted by Crippen LogP contribution is 2.25. The lowest BCUT2D eigenvalue weighted by atomic mass is 9.92. The van der Waals surface area contributed by atoms with E-state index in [0.29, 0.717) is 23.2 Å². The molecule has 1 heterocycles. The largest absolute Gasteiger partial charge is 0.399 e. The fraction of sp³-hybridized carbons (Fsp3) is 0.533. The van der Waals surface area contributed by atoms with Crippen LogP contribution in [0.25, 0.3) is 0 Å². The van der Waals surface area contributed by atoms with E-state index in [1.165, 1.54) is 6.42 Å². The molecule has 1 aliphatic rings. The van der Waals surface area contributed by atoms with Crippen molar-refractivity contribution in [2.24, 2.45) is 5.92 Å². The third-order valence-corrected chi connectivity index (χ3v) is 3.71. The molecule has 0 aromatic heterocycles. The number of rotatable bonds is 2. The van der Waals surface area contributed by atoms with Gasteiger partial charge in [0.25, 0.3) is 5.91 Å². The smallest absolute Gasteiger partial charge is 0.254 e. The van der Waals surface area contributed by atoms with Gasteiger partial charge in [-0.25, -0.2) is 0 Å². The average Bonchev–Trinajstić information content (AvgIpc) is 2.38. The van der Waals surface area contributed by atoms with E-state index in [4.69, 9.17) is 5.73 Å². The molecular formula is C15H22N2O. The van der Waals surface area contributed by atoms with Crippen molar-refractivity contribution in [2.75, 3.05) is 12.3 Å². The van der Waals surface area contributed by atoms with Gasteiger partial charge in [0.1, 0.15) is 0 Å². The topological polar surface area (TPSA) is 46.3 Å². The third-order valence-electron chi connectivity index (χ3n) is 3.71. The second-order valence-electron chi connectivity index (χ2n) is 5.43. The molecule has 1 saturated heterocycles. The van der Waals surface area contributed by atoms with Crippen LogP contribution in [0.3, 0.4) is 0 Å². The Bertz CT molecular complexity index is 428. The van der Waals surface area contributed by atoms with Crippen LogP contribution in [0.4, 0.5) is 5.69 Å². The van der Waals surface area contributed by atoms with Crippen molar-refractivity contribution in [3.63, 3.8) is 0 Å². The molecule has 2 rings (SSSR count). The van der Waals surface area contributed by atoms with E-state index in [1.54, 1.807) is 6.07 Å². The van der Waals surface area contributed by atoms with Crippen LogP contribution in [0.15, 0.2) is 24.3 Å². The predicted octanol–water partition coefficient (Wildman–Crippen LogP) is 2.92. The van der Waals surface area contributed by atoms with E-state index in [-0.39, 0.29) is 5.91 Å². The Morgan fingerprint density at radius 3 is 2.83 bits per heavy atom. The summed E-state index contributed by atoms with van der Waals surface area (Å²) < 4.78 is 0. The Balaban J connectivity index is 2.21. The molecule has 0 spiro atoms. The van der Waals surface area contributed by atoms with Gasteiger partial charge in [-0.1, -0.05) is 19.9 Å². The fourth-order valence-electron chi connectivity index (χ4n) is 2.74. The lowest BCUT2D eigenvalue weighted by molar-refractivity contribution is 0.0543. The molecule has 1 aromatic rings. The van der Waals surface area contributed by atoms with Crippen LogP contribution in [-0.2, 0) is 0 Å². The highest BCUT2D eigenvalue weighted by molar-refractivity contribution is 5.95. The van der Waals surface area contributed by atoms with Gasteiger partial charge in [-0.15, -0.1) is 0 Å². The maximum Gasteiger partial charge on any atom is 0.254 e. The van der Waals surface area contributed by atoms with Crippen LogP contribution >= 0.6 is 0 Å². The number of piperidine rings is 1. The summed E-state index contributed by atoms with van der Waals surface area (Å²) in [5.74, 6) is 0.635. The van der Waals surface area contributed by atoms with Gasteiger partial charge in [-0.05, 0) is 43.4 Å². The molecule has 0 saturated carbocycles. The second kappa shape index (κ2) is 5.42. The summed E-state index contributed by atoms with van der Waals surface area (Å²) in [5, 5.41) is 0. The van der Waals surface area contributed by atoms with Crippen molar-refractivity contribution in [1.29, 1.82) is 0 Å². The van der Waals surface area contributed by atoms with Crippen molar-refractivity contribution in [3.8, 4) is 0 Å². The van der Waals surface area contributed by atoms with Gasteiger partial charge >= 0.3 is 0 Å². The molecule has 1 fully saturated rings. The number of nitrogens with two attached hydrogens (primary N) is 1. The van der Waals surface area contributed by atoms with E-state index < -0.39 is 0 Å². The minimum absolute atomic E-state index is 0.126. The summed E-state index contributed by atoms with van der Waals surface area (Å²) in [7, 11) is 0. The number of carbonyl (C=O) groups excluding carboxylic acids is 1. The van der Waals surface area contributed by atoms with E-state index in [9.17, 15) is 4.79 Å². The number of likely N-dealkylation sites (tertiary alicyclic amines) is 1. The minimum Gasteiger partial charge on any atom is -0.399 e. The summed E-state index contributed by atoms with van der Waals surface area (Å²) in [6.45, 7) is 5.25. The van der Waals surface area contributed by atoms with Crippen molar-refractivity contribution in [3.05, 3.63) is 29.8 Å². The van der Waals surface area contributed by atoms with E-state index >= 15 is 0 Å². The average molecular weight is 246 g/mol. The molecule has 18 heavy (non-hydrogen) atoms. The molecule has 98 valence electrons. The van der Waals surface area contributed by atoms with Crippen molar-refractivity contribution in [1.82, 2.24) is 4.90 Å². The standard InChI is InChI=1S/C15H22N2O/c1-11(2)14-8-3-4-9-17(14)15(18)12-6-5-7-13(16)10-12/h5-7,10-11,14H,3-4,8-9,16H2,1-2H3. The van der Waals surface area contributed by atoms with Crippen LogP contribution in [0.2, 0.25) is 0 Å². The molecule has 1 aromatic carbocycles. The number of benzene rings is 1. The maximum atomic E-state index is 12.5. The van der Waals surface area contributed by atoms with Crippen molar-refractivity contribution < 1.29 is 4.79 Å². The number of nitrogens with zero attached hydrogens (tertiary/aromatic N) is 1. The van der Waals surface area contributed by atoms with Gasteiger partial charge in [0.05, 0.1) is 0 Å². The fourth-order valence-corrected chi connectivity index (χ4v) is 2.74. The van der Waals surface area contributed by atoms with Crippen molar-refractivity contribution >= 4 is 11.6 Å². The monoisotopic (exact) mass is 246 g/mol. The van der Waals surface area contributed by atoms with Crippen LogP contribution < -0.4 is 5.73 Å². The molecule has 1 unspecified atom stereocenters. The number of amides is 1. The van der Waals surface area contributed by atoms with Crippen LogP contribution in [0.1, 0.15) is 43.5 Å². The first-order valence-electron chi connectivity index (χ1n) is 6.76. The van der Waals surface area contributed by atoms with Gasteiger partial charge in [0, 0.05) is 23.8 Å². The quantitative estimate of drug-likeness (QED) is 0.815. The molecule has 3 heteroatoms. The molecule has 1 aliphatic heterocycles. The first-order valence-corrected chi connectivity index (χ1v) is 6.76. The minimum atomic E-state index is 0.126. The van der Waals surface area contributed by atoms with Crippen LogP contribution in [-0.4, -0.2) is 23.4 Å². The Morgan fingerprint density at radius 2 is 2.17 bits per heavy atom. The van der Waals surface area contributed by atoms with Gasteiger partial charge < -0.3 is 10.6 Å². The summed E-state index contributed by atoms with van der Waals surface area (Å²) in [6, 6.07) is 7.65. The number of hydrogen-bond donors (Lipinski definition) is 1. The van der Waals surface area contributed by atoms with Crippen molar-refractivity contribution in [2.45, 2.75) is 39.2 Å². The van der Waals surface area contributed by atoms with Gasteiger partial charge in [-0.3, -0.25) is 4.79 Å². The molecule has 0 aliphatic carbocycles. The lowest BCUT2D eigenvalue weighted by Gasteiger charge is -2.38. The van der Waals surface area contributed by atoms with Crippen LogP contribution in [0, 0.1) is 5.92 Å². The first-order chi connectivity index (χ1) is 8.59. The summed E-state index contributed by atoms with van der Waals surface area (Å²) in [5.41, 5.74) is 7.11. The van der Waals surface area contributed by atoms with Crippen LogP contribution in [0.5, 0.6) is 0 Å². The first kappa shape index (κ1) is 12.9. The molecule has 1 amide bonds. The number of anilines is 1. The Hall–Kier alpha value is -1.51. The zero-order valence-corrected chi connectivity index (χ0v) is 11.2. The lowest BCUT2D eigenvalue weighted by Crippen LogP contribution is -2.46. The molecule has 0 bridgehead atoms. The second-order valence-corrected chi connectivity index (χ2v) is 5.43. The van der Waals surface area contributed by atoms with Gasteiger partial charge in [0.15, 0.2) is 0 Å². The predicted molar refractivity (Wildman–Crippen MR) is 74.4 cm³/mol. The van der Waals surface area contributed by atoms with E-state index in [0.717, 1.165) is 19.4 Å². The SMILES string of the molecule is CC(C)C1CCCCN1C(=O)c1cccc(N)c1. The van der Waals surface area contributed by atoms with E-state index in [1.807, 2.05) is 23.1 Å². The molecule has 2 N–H and O–H groups in total. The highest BCUT2D eigenvalue weighted by Gasteiger charge is 2.29. The Labute approximate surface area is 109 Å². The summed E-state index contributed by atoms with van der Waals surface area (Å²) >= 11 is 0. The normalized spacial score (nSPS) is 20.2. The van der Waals surface area contributed by atoms with Gasteiger partial charge in [0.2, 0.25) is 0 Å². The number of nitrogen functional groups attached to an aromatic ring is 1. The molecule has 1 atom stereocenters. The van der Waals surface area contributed by atoms with E-state index in [2.05, 4.69) is 13.8 Å². The molecular weight excluding hydrogens is 224 g/mol. The summed E-state index contributed by atoms with van der Waals surface area (Å²) in [6.07, 6.45) is 3.45. The van der Waals surface area contributed by atoms with Gasteiger partial charge in [-0.2, -0.15) is 0 Å². The Kier molecular flexibility index (Phi) is 3.90. The number of carbonyl (C=O) groups is 1.